The van der Waals surface area contributed by atoms with Crippen LogP contribution in [0.3, 0.4) is 0 Å². The number of hydrogen-bond acceptors (Lipinski definition) is 8. The van der Waals surface area contributed by atoms with E-state index in [9.17, 15) is 24.5 Å². The highest BCUT2D eigenvalue weighted by atomic mass is 32.2. The molecule has 230 valence electrons. The van der Waals surface area contributed by atoms with Crippen LogP contribution in [0.4, 0.5) is 17.1 Å². The molecule has 11 nitrogen and oxygen atoms in total. The van der Waals surface area contributed by atoms with E-state index in [0.717, 1.165) is 0 Å². The van der Waals surface area contributed by atoms with Crippen LogP contribution in [-0.2, 0) is 9.59 Å². The number of nitrogens with one attached hydrogen (secondary N) is 3. The molecule has 0 radical (unpaired) electrons. The average molecular weight is 627 g/mol. The molecule has 0 aliphatic heterocycles. The number of methoxy groups -OCH3 is 2. The summed E-state index contributed by atoms with van der Waals surface area (Å²) in [5.74, 6) is -0.283. The summed E-state index contributed by atoms with van der Waals surface area (Å²) >= 11 is 1.25. The summed E-state index contributed by atoms with van der Waals surface area (Å²) in [5, 5.41) is 19.2. The first kappa shape index (κ1) is 32.3. The molecule has 0 bridgehead atoms. The van der Waals surface area contributed by atoms with E-state index >= 15 is 0 Å². The molecule has 0 saturated carbocycles. The standard InChI is InChI=1S/C33H30N4O7S/c1-21-16-25(37(41)42)13-15-28(21)35-31(38)20-45-27-11-7-10-24(18-27)34-33(40)29(36-32(39)22-8-5-4-6-9-22)17-23-12-14-26(43-2)19-30(23)44-3/h4-19H,20H2,1-3H3,(H,34,40)(H,35,38)(H,36,39)/b29-17+. The lowest BCUT2D eigenvalue weighted by atomic mass is 10.1. The zero-order chi connectivity index (χ0) is 32.3. The molecule has 4 aromatic rings. The lowest BCUT2D eigenvalue weighted by Gasteiger charge is -2.13. The van der Waals surface area contributed by atoms with E-state index in [1.807, 2.05) is 0 Å². The fraction of sp³-hybridized carbons (Fsp3) is 0.121. The highest BCUT2D eigenvalue weighted by molar-refractivity contribution is 8.00. The third kappa shape index (κ3) is 8.94. The fourth-order valence-electron chi connectivity index (χ4n) is 4.13. The second-order valence-electron chi connectivity index (χ2n) is 9.56. The molecule has 3 amide bonds. The summed E-state index contributed by atoms with van der Waals surface area (Å²) in [6, 6.07) is 24.7. The lowest BCUT2D eigenvalue weighted by Crippen LogP contribution is -2.30. The zero-order valence-corrected chi connectivity index (χ0v) is 25.5. The number of ether oxygens (including phenoxy) is 2. The molecule has 0 unspecified atom stereocenters. The van der Waals surface area contributed by atoms with Crippen LogP contribution in [0.15, 0.2) is 102 Å². The first-order chi connectivity index (χ1) is 21.7. The van der Waals surface area contributed by atoms with Gasteiger partial charge >= 0.3 is 0 Å². The van der Waals surface area contributed by atoms with Crippen LogP contribution < -0.4 is 25.4 Å². The van der Waals surface area contributed by atoms with Gasteiger partial charge in [-0.25, -0.2) is 0 Å². The highest BCUT2D eigenvalue weighted by Crippen LogP contribution is 2.27. The van der Waals surface area contributed by atoms with Crippen molar-refractivity contribution >= 4 is 52.6 Å². The Bertz CT molecular complexity index is 1760. The van der Waals surface area contributed by atoms with Gasteiger partial charge in [-0.3, -0.25) is 24.5 Å². The summed E-state index contributed by atoms with van der Waals surface area (Å²) < 4.78 is 10.7. The van der Waals surface area contributed by atoms with Crippen LogP contribution in [0.5, 0.6) is 11.5 Å². The maximum Gasteiger partial charge on any atom is 0.272 e. The Morgan fingerprint density at radius 2 is 1.67 bits per heavy atom. The second-order valence-corrected chi connectivity index (χ2v) is 10.6. The lowest BCUT2D eigenvalue weighted by molar-refractivity contribution is -0.384. The number of benzene rings is 4. The van der Waals surface area contributed by atoms with Crippen molar-refractivity contribution < 1.29 is 28.8 Å². The summed E-state index contributed by atoms with van der Waals surface area (Å²) in [6.45, 7) is 1.68. The zero-order valence-electron chi connectivity index (χ0n) is 24.7. The summed E-state index contributed by atoms with van der Waals surface area (Å²) in [4.78, 5) is 50.3. The topological polar surface area (TPSA) is 149 Å². The number of nitro groups is 1. The number of nitrogens with zero attached hydrogens (tertiary/aromatic N) is 1. The largest absolute Gasteiger partial charge is 0.497 e. The third-order valence-electron chi connectivity index (χ3n) is 6.43. The van der Waals surface area contributed by atoms with Crippen LogP contribution in [0.2, 0.25) is 0 Å². The van der Waals surface area contributed by atoms with Gasteiger partial charge in [0.15, 0.2) is 0 Å². The van der Waals surface area contributed by atoms with Crippen LogP contribution in [-0.4, -0.2) is 42.6 Å². The number of amides is 3. The van der Waals surface area contributed by atoms with E-state index in [1.54, 1.807) is 79.7 Å². The van der Waals surface area contributed by atoms with Crippen LogP contribution >= 0.6 is 11.8 Å². The molecule has 0 aliphatic rings. The predicted octanol–water partition coefficient (Wildman–Crippen LogP) is 6.06. The normalized spacial score (nSPS) is 10.9. The smallest absolute Gasteiger partial charge is 0.272 e. The SMILES string of the molecule is COc1ccc(/C=C(/NC(=O)c2ccccc2)C(=O)Nc2cccc(SCC(=O)Nc3ccc([N+](=O)[O-])cc3C)c2)c(OC)c1. The number of rotatable bonds is 12. The van der Waals surface area contributed by atoms with Gasteiger partial charge in [0.1, 0.15) is 17.2 Å². The number of anilines is 2. The highest BCUT2D eigenvalue weighted by Gasteiger charge is 2.17. The van der Waals surface area contributed by atoms with Gasteiger partial charge in [-0.1, -0.05) is 24.3 Å². The quantitative estimate of drug-likeness (QED) is 0.0744. The molecule has 0 spiro atoms. The third-order valence-corrected chi connectivity index (χ3v) is 7.42. The van der Waals surface area contributed by atoms with E-state index in [2.05, 4.69) is 16.0 Å². The average Bonchev–Trinajstić information content (AvgIpc) is 3.05. The second kappa shape index (κ2) is 15.2. The molecule has 12 heteroatoms. The Balaban J connectivity index is 1.49. The molecule has 4 rings (SSSR count). The number of non-ortho nitro benzene ring substituents is 1. The molecular weight excluding hydrogens is 596 g/mol. The van der Waals surface area contributed by atoms with Crippen molar-refractivity contribution in [1.29, 1.82) is 0 Å². The van der Waals surface area contributed by atoms with Crippen LogP contribution in [0.25, 0.3) is 6.08 Å². The monoisotopic (exact) mass is 626 g/mol. The minimum Gasteiger partial charge on any atom is -0.497 e. The molecule has 0 fully saturated rings. The maximum atomic E-state index is 13.5. The fourth-order valence-corrected chi connectivity index (χ4v) is 4.89. The maximum absolute atomic E-state index is 13.5. The van der Waals surface area contributed by atoms with Crippen molar-refractivity contribution in [2.24, 2.45) is 0 Å². The van der Waals surface area contributed by atoms with Gasteiger partial charge in [0, 0.05) is 45.6 Å². The van der Waals surface area contributed by atoms with Crippen molar-refractivity contribution in [2.45, 2.75) is 11.8 Å². The van der Waals surface area contributed by atoms with Gasteiger partial charge in [0.25, 0.3) is 17.5 Å². The van der Waals surface area contributed by atoms with Gasteiger partial charge in [-0.05, 0) is 67.1 Å². The number of carbonyl (C=O) groups excluding carboxylic acids is 3. The van der Waals surface area contributed by atoms with E-state index in [-0.39, 0.29) is 23.0 Å². The van der Waals surface area contributed by atoms with E-state index in [4.69, 9.17) is 9.47 Å². The van der Waals surface area contributed by atoms with Crippen LogP contribution in [0, 0.1) is 17.0 Å². The Morgan fingerprint density at radius 1 is 0.889 bits per heavy atom. The van der Waals surface area contributed by atoms with E-state index in [0.29, 0.717) is 44.5 Å². The molecule has 3 N–H and O–H groups in total. The summed E-state index contributed by atoms with van der Waals surface area (Å²) in [7, 11) is 3.02. The van der Waals surface area contributed by atoms with E-state index in [1.165, 1.54) is 50.3 Å². The number of carbonyl (C=O) groups is 3. The number of nitro benzene ring substituents is 1. The molecule has 4 aromatic carbocycles. The molecule has 45 heavy (non-hydrogen) atoms. The van der Waals surface area contributed by atoms with Crippen molar-refractivity contribution in [3.05, 3.63) is 123 Å². The van der Waals surface area contributed by atoms with Crippen molar-refractivity contribution in [3.63, 3.8) is 0 Å². The molecule has 0 aromatic heterocycles. The van der Waals surface area contributed by atoms with Crippen molar-refractivity contribution in [3.8, 4) is 11.5 Å². The number of aryl methyl sites for hydroxylation is 1. The minimum atomic E-state index is -0.578. The van der Waals surface area contributed by atoms with Gasteiger partial charge in [0.05, 0.1) is 24.9 Å². The number of hydrogen-bond donors (Lipinski definition) is 3. The van der Waals surface area contributed by atoms with Gasteiger partial charge in [-0.15, -0.1) is 11.8 Å². The van der Waals surface area contributed by atoms with Gasteiger partial charge < -0.3 is 25.4 Å². The number of thioether (sulfide) groups is 1. The first-order valence-electron chi connectivity index (χ1n) is 13.6. The van der Waals surface area contributed by atoms with Gasteiger partial charge in [0.2, 0.25) is 5.91 Å². The van der Waals surface area contributed by atoms with Crippen molar-refractivity contribution in [2.75, 3.05) is 30.6 Å². The Labute approximate surface area is 263 Å². The molecule has 0 heterocycles. The molecular formula is C33H30N4O7S. The summed E-state index contributed by atoms with van der Waals surface area (Å²) in [5.41, 5.74) is 2.33. The Morgan fingerprint density at radius 3 is 2.36 bits per heavy atom. The van der Waals surface area contributed by atoms with Gasteiger partial charge in [-0.2, -0.15) is 0 Å². The molecule has 0 saturated heterocycles. The minimum absolute atomic E-state index is 0.0248. The summed E-state index contributed by atoms with van der Waals surface area (Å²) in [6.07, 6.45) is 1.51. The van der Waals surface area contributed by atoms with Crippen LogP contribution in [0.1, 0.15) is 21.5 Å². The molecule has 0 atom stereocenters. The van der Waals surface area contributed by atoms with Crippen molar-refractivity contribution in [1.82, 2.24) is 5.32 Å². The predicted molar refractivity (Wildman–Crippen MR) is 174 cm³/mol. The molecule has 0 aliphatic carbocycles. The Kier molecular flexibility index (Phi) is 10.9. The van der Waals surface area contributed by atoms with E-state index < -0.39 is 16.7 Å². The Hall–Kier alpha value is -5.62. The first-order valence-corrected chi connectivity index (χ1v) is 14.5.